The Balaban J connectivity index is 1.36. The fourth-order valence-electron chi connectivity index (χ4n) is 10.6. The van der Waals surface area contributed by atoms with Gasteiger partial charge in [0.25, 0.3) is 29.5 Å². The number of amides is 5. The lowest BCUT2D eigenvalue weighted by Crippen LogP contribution is -2.42. The van der Waals surface area contributed by atoms with Crippen molar-refractivity contribution < 1.29 is 81.5 Å². The molecule has 0 aliphatic rings. The summed E-state index contributed by atoms with van der Waals surface area (Å²) in [6, 6.07) is 19.3. The van der Waals surface area contributed by atoms with E-state index in [2.05, 4.69) is 21.3 Å². The first kappa shape index (κ1) is 76.8. The molecule has 15 N–H and O–H groups in total. The SMILES string of the molecule is COC(=O)c1ccc(C(=O)N[C@@H](CCCCN)C(=O)Cc2ccc(OC)c(C(=O)N[C@@H](CCCCN)C(=O)Cc3ccc(OC)c(C(=O)N[C@@H](CCCCN)C(=O)Cc4ccc(OCC(=O)O)c(C(=O)N[C@@H](CCCCN)C(=O)Cc5ccc(OC)c(C(N)=O)c5)c4)c3)c2)cc1. The Hall–Kier alpha value is -9.89. The number of carboxylic acids is 1. The van der Waals surface area contributed by atoms with Crippen LogP contribution in [0.2, 0.25) is 0 Å². The molecule has 0 aliphatic carbocycles. The molecule has 4 atom stereocenters. The van der Waals surface area contributed by atoms with E-state index < -0.39 is 89.6 Å². The van der Waals surface area contributed by atoms with Crippen molar-refractivity contribution in [2.75, 3.05) is 61.2 Å². The molecule has 0 bridgehead atoms. The van der Waals surface area contributed by atoms with E-state index in [0.29, 0.717) is 87.7 Å². The number of rotatable bonds is 44. The van der Waals surface area contributed by atoms with Crippen LogP contribution in [-0.4, -0.2) is 155 Å². The number of nitrogens with one attached hydrogen (secondary N) is 4. The maximum atomic E-state index is 14.5. The Bertz CT molecular complexity index is 3540. The largest absolute Gasteiger partial charge is 0.496 e. The average molecular weight is 1330 g/mol. The van der Waals surface area contributed by atoms with Gasteiger partial charge in [0.1, 0.15) is 23.0 Å². The first-order valence-corrected chi connectivity index (χ1v) is 31.7. The minimum atomic E-state index is -1.34. The molecule has 26 nitrogen and oxygen atoms in total. The monoisotopic (exact) mass is 1330 g/mol. The van der Waals surface area contributed by atoms with Crippen molar-refractivity contribution >= 4 is 64.6 Å². The lowest BCUT2D eigenvalue weighted by atomic mass is 9.95. The summed E-state index contributed by atoms with van der Waals surface area (Å²) in [5.41, 5.74) is 30.5. The van der Waals surface area contributed by atoms with Crippen molar-refractivity contribution in [1.29, 1.82) is 0 Å². The van der Waals surface area contributed by atoms with Gasteiger partial charge in [0, 0.05) is 31.2 Å². The van der Waals surface area contributed by atoms with Crippen LogP contribution in [0, 0.1) is 0 Å². The number of unbranched alkanes of at least 4 members (excludes halogenated alkanes) is 4. The van der Waals surface area contributed by atoms with Crippen LogP contribution in [0.25, 0.3) is 0 Å². The number of hydrogen-bond donors (Lipinski definition) is 10. The van der Waals surface area contributed by atoms with E-state index in [1.165, 1.54) is 107 Å². The van der Waals surface area contributed by atoms with Gasteiger partial charge in [-0.1, -0.05) is 24.3 Å². The molecule has 26 heteroatoms. The molecule has 0 saturated carbocycles. The van der Waals surface area contributed by atoms with Crippen molar-refractivity contribution in [1.82, 2.24) is 21.3 Å². The fraction of sp³-hybridized carbons (Fsp3) is 0.414. The lowest BCUT2D eigenvalue weighted by molar-refractivity contribution is -0.139. The number of aliphatic carboxylic acids is 1. The van der Waals surface area contributed by atoms with Crippen LogP contribution < -0.4 is 68.9 Å². The highest BCUT2D eigenvalue weighted by molar-refractivity contribution is 6.04. The summed E-state index contributed by atoms with van der Waals surface area (Å²) in [7, 11) is 5.32. The quantitative estimate of drug-likeness (QED) is 0.0193. The second-order valence-corrected chi connectivity index (χ2v) is 22.9. The van der Waals surface area contributed by atoms with Crippen LogP contribution in [0.4, 0.5) is 0 Å². The number of Topliss-reactive ketones (excluding diaryl/α,β-unsaturated/α-hetero) is 4. The number of carbonyl (C=O) groups is 11. The second kappa shape index (κ2) is 39.7. The molecule has 5 amide bonds. The van der Waals surface area contributed by atoms with Crippen LogP contribution in [0.5, 0.6) is 23.0 Å². The zero-order valence-corrected chi connectivity index (χ0v) is 54.8. The molecule has 0 saturated heterocycles. The zero-order valence-electron chi connectivity index (χ0n) is 54.8. The van der Waals surface area contributed by atoms with Crippen LogP contribution >= 0.6 is 0 Å². The highest BCUT2D eigenvalue weighted by Gasteiger charge is 2.30. The Labute approximate surface area is 557 Å². The van der Waals surface area contributed by atoms with Crippen molar-refractivity contribution in [3.05, 3.63) is 153 Å². The molecule has 5 aromatic carbocycles. The summed E-state index contributed by atoms with van der Waals surface area (Å²) in [6.45, 7) is 0.439. The average Bonchev–Trinajstić information content (AvgIpc) is 0.886. The van der Waals surface area contributed by atoms with E-state index in [-0.39, 0.29) is 126 Å². The molecule has 5 aromatic rings. The summed E-state index contributed by atoms with van der Waals surface area (Å²) in [5, 5.41) is 20.8. The molecular formula is C70H89N9O17. The van der Waals surface area contributed by atoms with Crippen LogP contribution in [-0.2, 0) is 54.4 Å². The Morgan fingerprint density at radius 1 is 0.385 bits per heavy atom. The van der Waals surface area contributed by atoms with Crippen molar-refractivity contribution in [3.8, 4) is 23.0 Å². The number of primary amides is 1. The Morgan fingerprint density at radius 3 is 0.979 bits per heavy atom. The first-order valence-electron chi connectivity index (χ1n) is 31.7. The summed E-state index contributed by atoms with van der Waals surface area (Å²) in [5.74, 6) is -6.86. The number of carbonyl (C=O) groups excluding carboxylic acids is 10. The standard InChI is InChI=1S/C70H89N9O17/c1-92-60-25-17-42(33-48(60)65(75)86)37-57(81)55(16-8-12-32-74)79-69(90)51-36-45(20-28-63(51)96-41-64(84)85)40-59(83)54(15-7-11-31-73)78-68(89)50-35-44(19-27-62(50)94-3)39-58(82)53(14-6-10-30-72)77-67(88)49-34-43(18-26-61(49)93-2)38-56(80)52(13-5-9-29-71)76-66(87)46-21-23-47(24-22-46)70(91)95-4/h17-28,33-36,52-55H,5-16,29-32,37-41,71-74H2,1-4H3,(H2,75,86)(H,76,87)(H,77,88)(H,78,89)(H,79,90)(H,84,85)/t52-,53-,54-,55-/m0/s1. The summed E-state index contributed by atoms with van der Waals surface area (Å²) in [6.07, 6.45) is 3.67. The third-order valence-electron chi connectivity index (χ3n) is 15.8. The lowest BCUT2D eigenvalue weighted by Gasteiger charge is -2.21. The summed E-state index contributed by atoms with van der Waals surface area (Å²) in [4.78, 5) is 149. The van der Waals surface area contributed by atoms with Crippen LogP contribution in [0.3, 0.4) is 0 Å². The number of ether oxygens (including phenoxy) is 5. The Kier molecular flexibility index (Phi) is 31.8. The molecule has 96 heavy (non-hydrogen) atoms. The van der Waals surface area contributed by atoms with Gasteiger partial charge in [-0.05, 0) is 198 Å². The van der Waals surface area contributed by atoms with E-state index in [1.54, 1.807) is 18.2 Å². The van der Waals surface area contributed by atoms with Gasteiger partial charge in [0.2, 0.25) is 0 Å². The summed E-state index contributed by atoms with van der Waals surface area (Å²) >= 11 is 0. The maximum Gasteiger partial charge on any atom is 0.341 e. The van der Waals surface area contributed by atoms with Gasteiger partial charge in [-0.15, -0.1) is 0 Å². The fourth-order valence-corrected chi connectivity index (χ4v) is 10.6. The maximum absolute atomic E-state index is 14.5. The van der Waals surface area contributed by atoms with Crippen molar-refractivity contribution in [2.24, 2.45) is 28.7 Å². The zero-order chi connectivity index (χ0) is 70.3. The molecule has 516 valence electrons. The van der Waals surface area contributed by atoms with Gasteiger partial charge in [-0.25, -0.2) is 9.59 Å². The molecule has 0 spiro atoms. The highest BCUT2D eigenvalue weighted by atomic mass is 16.5. The van der Waals surface area contributed by atoms with Gasteiger partial charge in [-0.2, -0.15) is 0 Å². The molecule has 0 unspecified atom stereocenters. The molecule has 0 aromatic heterocycles. The van der Waals surface area contributed by atoms with E-state index >= 15 is 0 Å². The number of benzene rings is 5. The van der Waals surface area contributed by atoms with Gasteiger partial charge < -0.3 is 78.7 Å². The third-order valence-corrected chi connectivity index (χ3v) is 15.8. The second-order valence-electron chi connectivity index (χ2n) is 22.9. The Morgan fingerprint density at radius 2 is 0.677 bits per heavy atom. The van der Waals surface area contributed by atoms with Crippen molar-refractivity contribution in [3.63, 3.8) is 0 Å². The molecule has 0 heterocycles. The van der Waals surface area contributed by atoms with Gasteiger partial charge in [0.15, 0.2) is 29.7 Å². The normalized spacial score (nSPS) is 12.2. The molecule has 0 fully saturated rings. The van der Waals surface area contributed by atoms with Crippen LogP contribution in [0.1, 0.15) is 161 Å². The minimum absolute atomic E-state index is 0.0236. The number of ketones is 4. The van der Waals surface area contributed by atoms with Crippen molar-refractivity contribution in [2.45, 2.75) is 127 Å². The highest BCUT2D eigenvalue weighted by Crippen LogP contribution is 2.27. The van der Waals surface area contributed by atoms with Gasteiger partial charge in [0.05, 0.1) is 80.4 Å². The number of methoxy groups -OCH3 is 4. The van der Waals surface area contributed by atoms with E-state index in [4.69, 9.17) is 52.4 Å². The van der Waals surface area contributed by atoms with E-state index in [0.717, 1.165) is 0 Å². The predicted octanol–water partition coefficient (Wildman–Crippen LogP) is 4.22. The first-order chi connectivity index (χ1) is 46.1. The number of hydrogen-bond acceptors (Lipinski definition) is 20. The molecular weight excluding hydrogens is 1240 g/mol. The van der Waals surface area contributed by atoms with Gasteiger partial charge in [-0.3, -0.25) is 43.2 Å². The number of carboxylic acid groups (broad SMARTS) is 1. The smallest absolute Gasteiger partial charge is 0.341 e. The number of esters is 1. The van der Waals surface area contributed by atoms with Gasteiger partial charge >= 0.3 is 11.9 Å². The van der Waals surface area contributed by atoms with E-state index in [9.17, 15) is 57.8 Å². The topological polar surface area (TPSA) is 432 Å². The van der Waals surface area contributed by atoms with E-state index in [1.807, 2.05) is 0 Å². The third kappa shape index (κ3) is 23.5. The minimum Gasteiger partial charge on any atom is -0.496 e. The van der Waals surface area contributed by atoms with Crippen LogP contribution in [0.15, 0.2) is 97.1 Å². The predicted molar refractivity (Wildman–Crippen MR) is 356 cm³/mol. The molecule has 0 aliphatic heterocycles. The molecule has 5 rings (SSSR count). The molecule has 0 radical (unpaired) electrons. The number of nitrogens with two attached hydrogens (primary N) is 5. The summed E-state index contributed by atoms with van der Waals surface area (Å²) < 4.78 is 26.7.